The van der Waals surface area contributed by atoms with Crippen LogP contribution in [0.2, 0.25) is 0 Å². The number of nitrogens with one attached hydrogen (secondary N) is 1. The molecule has 0 unspecified atom stereocenters. The summed E-state index contributed by atoms with van der Waals surface area (Å²) < 4.78 is 52.0. The summed E-state index contributed by atoms with van der Waals surface area (Å²) >= 11 is 0. The summed E-state index contributed by atoms with van der Waals surface area (Å²) in [5, 5.41) is 4.12. The van der Waals surface area contributed by atoms with E-state index in [4.69, 9.17) is 4.74 Å². The van der Waals surface area contributed by atoms with Gasteiger partial charge in [0.2, 0.25) is 0 Å². The van der Waals surface area contributed by atoms with Crippen molar-refractivity contribution in [2.24, 2.45) is 0 Å². The van der Waals surface area contributed by atoms with Gasteiger partial charge in [-0.2, -0.15) is 0 Å². The minimum Gasteiger partial charge on any atom is -0.405 e. The van der Waals surface area contributed by atoms with Gasteiger partial charge in [-0.3, -0.25) is 4.79 Å². The predicted molar refractivity (Wildman–Crippen MR) is 137 cm³/mol. The largest absolute Gasteiger partial charge is 0.573 e. The first-order chi connectivity index (χ1) is 18.3. The molecule has 196 valence electrons. The zero-order chi connectivity index (χ0) is 26.5. The van der Waals surface area contributed by atoms with Crippen molar-refractivity contribution in [3.05, 3.63) is 101 Å². The summed E-state index contributed by atoms with van der Waals surface area (Å²) in [5.74, 6) is -0.397. The van der Waals surface area contributed by atoms with Crippen molar-refractivity contribution in [1.29, 1.82) is 0 Å². The highest BCUT2D eigenvalue weighted by Crippen LogP contribution is 2.50. The van der Waals surface area contributed by atoms with E-state index in [2.05, 4.69) is 16.1 Å². The molecule has 3 heterocycles. The lowest BCUT2D eigenvalue weighted by atomic mass is 9.83. The van der Waals surface area contributed by atoms with Gasteiger partial charge in [-0.15, -0.1) is 13.2 Å². The monoisotopic (exact) mass is 520 g/mol. The van der Waals surface area contributed by atoms with E-state index in [1.165, 1.54) is 12.1 Å². The van der Waals surface area contributed by atoms with Crippen LogP contribution in [0.4, 0.5) is 13.2 Å². The topological polar surface area (TPSA) is 52.5 Å². The van der Waals surface area contributed by atoms with Gasteiger partial charge in [0.15, 0.2) is 5.78 Å². The van der Waals surface area contributed by atoms with Gasteiger partial charge in [0.1, 0.15) is 11.9 Å². The lowest BCUT2D eigenvalue weighted by Crippen LogP contribution is -2.40. The number of halogens is 3. The van der Waals surface area contributed by atoms with Gasteiger partial charge in [-0.05, 0) is 56.1 Å². The minimum absolute atomic E-state index is 0.115. The smallest absolute Gasteiger partial charge is 0.405 e. The zero-order valence-electron chi connectivity index (χ0n) is 20.8. The standard InChI is InChI=1S/C30H27F3N2O3/c1-19-26(27(36)28-21-9-3-5-11-23(21)29(38-28)14-16-34-17-15-29)22-10-4-6-12-24(22)35(19)18-20-8-2-7-13-25(20)37-30(31,32)33/h2-13,28,34H,14-18H2,1H3/t28-/m1/s1. The van der Waals surface area contributed by atoms with Crippen molar-refractivity contribution in [2.45, 2.75) is 44.4 Å². The molecule has 1 atom stereocenters. The molecule has 0 amide bonds. The van der Waals surface area contributed by atoms with Gasteiger partial charge in [0.25, 0.3) is 0 Å². The van der Waals surface area contributed by atoms with E-state index < -0.39 is 18.1 Å². The Morgan fingerprint density at radius 1 is 1.03 bits per heavy atom. The van der Waals surface area contributed by atoms with Crippen molar-refractivity contribution in [2.75, 3.05) is 13.1 Å². The fraction of sp³-hybridized carbons (Fsp3) is 0.300. The maximum atomic E-state index is 14.3. The van der Waals surface area contributed by atoms with Gasteiger partial charge < -0.3 is 19.4 Å². The van der Waals surface area contributed by atoms with Crippen molar-refractivity contribution < 1.29 is 27.4 Å². The molecule has 2 aliphatic rings. The van der Waals surface area contributed by atoms with Gasteiger partial charge in [0, 0.05) is 27.7 Å². The van der Waals surface area contributed by atoms with Crippen LogP contribution in [0.3, 0.4) is 0 Å². The van der Waals surface area contributed by atoms with Gasteiger partial charge in [-0.1, -0.05) is 60.7 Å². The number of rotatable bonds is 5. The Balaban J connectivity index is 1.42. The maximum Gasteiger partial charge on any atom is 0.573 e. The number of fused-ring (bicyclic) bond motifs is 3. The van der Waals surface area contributed by atoms with Crippen molar-refractivity contribution in [3.63, 3.8) is 0 Å². The highest BCUT2D eigenvalue weighted by molar-refractivity contribution is 6.12. The summed E-state index contributed by atoms with van der Waals surface area (Å²) in [6.07, 6.45) is -3.99. The van der Waals surface area contributed by atoms with Gasteiger partial charge >= 0.3 is 6.36 Å². The van der Waals surface area contributed by atoms with Crippen LogP contribution >= 0.6 is 0 Å². The number of ketones is 1. The van der Waals surface area contributed by atoms with E-state index in [1.54, 1.807) is 12.1 Å². The Kier molecular flexibility index (Phi) is 6.04. The second kappa shape index (κ2) is 9.29. The van der Waals surface area contributed by atoms with Crippen LogP contribution in [0.5, 0.6) is 5.75 Å². The molecule has 5 nitrogen and oxygen atoms in total. The molecule has 1 aromatic heterocycles. The van der Waals surface area contributed by atoms with Crippen LogP contribution in [0.1, 0.15) is 51.7 Å². The molecule has 1 spiro atoms. The number of ether oxygens (including phenoxy) is 2. The number of para-hydroxylation sites is 2. The fourth-order valence-corrected chi connectivity index (χ4v) is 6.01. The lowest BCUT2D eigenvalue weighted by molar-refractivity contribution is -0.274. The number of hydrogen-bond donors (Lipinski definition) is 1. The number of alkyl halides is 3. The number of aromatic nitrogens is 1. The van der Waals surface area contributed by atoms with E-state index in [0.29, 0.717) is 16.8 Å². The molecule has 0 saturated carbocycles. The maximum absolute atomic E-state index is 14.3. The molecule has 1 fully saturated rings. The predicted octanol–water partition coefficient (Wildman–Crippen LogP) is 6.43. The highest BCUT2D eigenvalue weighted by atomic mass is 19.4. The molecule has 0 bridgehead atoms. The van der Waals surface area contributed by atoms with Crippen LogP contribution < -0.4 is 10.1 Å². The number of hydrogen-bond acceptors (Lipinski definition) is 4. The Labute approximate surface area is 218 Å². The summed E-state index contributed by atoms with van der Waals surface area (Å²) in [7, 11) is 0. The second-order valence-corrected chi connectivity index (χ2v) is 9.91. The summed E-state index contributed by atoms with van der Waals surface area (Å²) in [4.78, 5) is 14.3. The van der Waals surface area contributed by atoms with Crippen molar-refractivity contribution >= 4 is 16.7 Å². The summed E-state index contributed by atoms with van der Waals surface area (Å²) in [6, 6.07) is 21.5. The summed E-state index contributed by atoms with van der Waals surface area (Å²) in [5.41, 5.74) is 3.79. The SMILES string of the molecule is Cc1c(C(=O)[C@@H]2OC3(CCNCC3)c3ccccc32)c2ccccc2n1Cc1ccccc1OC(F)(F)F. The second-order valence-electron chi connectivity index (χ2n) is 9.91. The number of nitrogens with zero attached hydrogens (tertiary/aromatic N) is 1. The van der Waals surface area contributed by atoms with Crippen LogP contribution in [0.15, 0.2) is 72.8 Å². The molecule has 8 heteroatoms. The van der Waals surface area contributed by atoms with Crippen LogP contribution in [-0.2, 0) is 16.9 Å². The van der Waals surface area contributed by atoms with E-state index in [1.807, 2.05) is 54.0 Å². The molecular weight excluding hydrogens is 493 g/mol. The number of carbonyl (C=O) groups excluding carboxylic acids is 1. The molecule has 6 rings (SSSR count). The first-order valence-corrected chi connectivity index (χ1v) is 12.7. The first kappa shape index (κ1) is 24.7. The Bertz CT molecular complexity index is 1520. The fourth-order valence-electron chi connectivity index (χ4n) is 6.01. The molecule has 0 aliphatic carbocycles. The van der Waals surface area contributed by atoms with Crippen LogP contribution in [0.25, 0.3) is 10.9 Å². The number of Topliss-reactive ketones (excluding diaryl/α,β-unsaturated/α-hetero) is 1. The first-order valence-electron chi connectivity index (χ1n) is 12.7. The molecule has 0 radical (unpaired) electrons. The van der Waals surface area contributed by atoms with Gasteiger partial charge in [0.05, 0.1) is 12.1 Å². The molecule has 1 N–H and O–H groups in total. The third-order valence-electron chi connectivity index (χ3n) is 7.73. The molecular formula is C30H27F3N2O3. The third-order valence-corrected chi connectivity index (χ3v) is 7.73. The van der Waals surface area contributed by atoms with E-state index in [0.717, 1.165) is 48.0 Å². The zero-order valence-corrected chi connectivity index (χ0v) is 20.8. The van der Waals surface area contributed by atoms with Crippen molar-refractivity contribution in [3.8, 4) is 5.75 Å². The highest BCUT2D eigenvalue weighted by Gasteiger charge is 2.48. The Morgan fingerprint density at radius 3 is 2.50 bits per heavy atom. The van der Waals surface area contributed by atoms with Crippen LogP contribution in [0, 0.1) is 6.92 Å². The van der Waals surface area contributed by atoms with E-state index in [9.17, 15) is 18.0 Å². The average Bonchev–Trinajstić information content (AvgIpc) is 3.36. The van der Waals surface area contributed by atoms with E-state index in [-0.39, 0.29) is 18.1 Å². The van der Waals surface area contributed by atoms with E-state index >= 15 is 0 Å². The normalized spacial score (nSPS) is 18.6. The minimum atomic E-state index is -4.80. The molecule has 2 aliphatic heterocycles. The van der Waals surface area contributed by atoms with Crippen LogP contribution in [-0.4, -0.2) is 29.8 Å². The Morgan fingerprint density at radius 2 is 1.71 bits per heavy atom. The Hall–Kier alpha value is -3.62. The number of carbonyl (C=O) groups is 1. The van der Waals surface area contributed by atoms with Crippen molar-refractivity contribution in [1.82, 2.24) is 9.88 Å². The number of piperidine rings is 1. The average molecular weight is 521 g/mol. The number of benzene rings is 3. The molecule has 38 heavy (non-hydrogen) atoms. The molecule has 1 saturated heterocycles. The molecule has 3 aromatic carbocycles. The third kappa shape index (κ3) is 4.18. The quantitative estimate of drug-likeness (QED) is 0.308. The van der Waals surface area contributed by atoms with Gasteiger partial charge in [-0.25, -0.2) is 0 Å². The molecule has 4 aromatic rings. The summed E-state index contributed by atoms with van der Waals surface area (Å²) in [6.45, 7) is 3.57. The lowest BCUT2D eigenvalue weighted by Gasteiger charge is -2.34.